The average molecular weight is 447 g/mol. The summed E-state index contributed by atoms with van der Waals surface area (Å²) in [6.45, 7) is 1.58. The summed E-state index contributed by atoms with van der Waals surface area (Å²) in [6, 6.07) is 8.04. The van der Waals surface area contributed by atoms with Crippen molar-refractivity contribution in [2.45, 2.75) is 24.4 Å². The van der Waals surface area contributed by atoms with Crippen molar-refractivity contribution < 1.29 is 22.7 Å². The molecule has 0 aliphatic carbocycles. The summed E-state index contributed by atoms with van der Waals surface area (Å²) < 4.78 is 37.6. The number of rotatable bonds is 8. The van der Waals surface area contributed by atoms with Crippen LogP contribution in [0.15, 0.2) is 41.3 Å². The van der Waals surface area contributed by atoms with E-state index in [1.54, 1.807) is 18.2 Å². The summed E-state index contributed by atoms with van der Waals surface area (Å²) in [4.78, 5) is 12.2. The summed E-state index contributed by atoms with van der Waals surface area (Å²) in [5, 5.41) is 3.53. The van der Waals surface area contributed by atoms with Gasteiger partial charge in [0, 0.05) is 22.7 Å². The molecule has 0 aliphatic heterocycles. The Hall–Kier alpha value is -2.00. The van der Waals surface area contributed by atoms with Crippen LogP contribution in [-0.2, 0) is 21.4 Å². The molecule has 0 heterocycles. The Kier molecular flexibility index (Phi) is 7.54. The fraction of sp³-hybridized carbons (Fsp3) is 0.278. The third kappa shape index (κ3) is 5.51. The van der Waals surface area contributed by atoms with Crippen molar-refractivity contribution in [2.24, 2.45) is 0 Å². The van der Waals surface area contributed by atoms with Crippen LogP contribution in [0.3, 0.4) is 0 Å². The lowest BCUT2D eigenvalue weighted by Crippen LogP contribution is -2.44. The Balaban J connectivity index is 2.05. The van der Waals surface area contributed by atoms with Gasteiger partial charge >= 0.3 is 0 Å². The standard InChI is InChI=1S/C18H20Cl2N2O5S/c1-11(18(23)21-10-12-4-5-13(19)8-15(12)20)22-28(24,25)14-6-7-16(26-2)17(9-14)27-3/h4-9,11,22H,10H2,1-3H3,(H,21,23)/t11-/m1/s1. The molecule has 0 fully saturated rings. The van der Waals surface area contributed by atoms with Gasteiger partial charge in [-0.2, -0.15) is 4.72 Å². The maximum absolute atomic E-state index is 12.6. The Morgan fingerprint density at radius 1 is 1.07 bits per heavy atom. The second-order valence-corrected chi connectivity index (χ2v) is 8.37. The van der Waals surface area contributed by atoms with E-state index in [4.69, 9.17) is 32.7 Å². The highest BCUT2D eigenvalue weighted by Crippen LogP contribution is 2.29. The second kappa shape index (κ2) is 9.47. The van der Waals surface area contributed by atoms with E-state index in [0.717, 1.165) is 0 Å². The molecule has 2 N–H and O–H groups in total. The van der Waals surface area contributed by atoms with Gasteiger partial charge in [0.1, 0.15) is 0 Å². The highest BCUT2D eigenvalue weighted by molar-refractivity contribution is 7.89. The van der Waals surface area contributed by atoms with Crippen LogP contribution in [0.4, 0.5) is 0 Å². The lowest BCUT2D eigenvalue weighted by Gasteiger charge is -2.16. The van der Waals surface area contributed by atoms with E-state index in [0.29, 0.717) is 21.4 Å². The van der Waals surface area contributed by atoms with Gasteiger partial charge in [-0.15, -0.1) is 0 Å². The van der Waals surface area contributed by atoms with E-state index >= 15 is 0 Å². The van der Waals surface area contributed by atoms with Gasteiger partial charge < -0.3 is 14.8 Å². The molecule has 1 atom stereocenters. The van der Waals surface area contributed by atoms with Gasteiger partial charge in [0.2, 0.25) is 15.9 Å². The molecule has 10 heteroatoms. The molecule has 1 amide bonds. The third-order valence-electron chi connectivity index (χ3n) is 3.86. The number of carbonyl (C=O) groups excluding carboxylic acids is 1. The smallest absolute Gasteiger partial charge is 0.241 e. The van der Waals surface area contributed by atoms with Crippen LogP contribution in [0, 0.1) is 0 Å². The Morgan fingerprint density at radius 3 is 2.36 bits per heavy atom. The fourth-order valence-electron chi connectivity index (χ4n) is 2.34. The van der Waals surface area contributed by atoms with Crippen molar-refractivity contribution in [3.05, 3.63) is 52.0 Å². The van der Waals surface area contributed by atoms with Gasteiger partial charge in [-0.25, -0.2) is 8.42 Å². The zero-order valence-corrected chi connectivity index (χ0v) is 17.8. The molecule has 2 aromatic carbocycles. The molecule has 152 valence electrons. The van der Waals surface area contributed by atoms with E-state index in [1.807, 2.05) is 0 Å². The molecule has 0 aliphatic rings. The monoisotopic (exact) mass is 446 g/mol. The fourth-order valence-corrected chi connectivity index (χ4v) is 4.03. The minimum atomic E-state index is -3.95. The number of methoxy groups -OCH3 is 2. The van der Waals surface area contributed by atoms with Crippen LogP contribution in [0.25, 0.3) is 0 Å². The Labute approximate surface area is 174 Å². The van der Waals surface area contributed by atoms with Crippen LogP contribution in [0.1, 0.15) is 12.5 Å². The predicted octanol–water partition coefficient (Wildman–Crippen LogP) is 2.99. The number of benzene rings is 2. The number of amides is 1. The number of hydrogen-bond acceptors (Lipinski definition) is 5. The van der Waals surface area contributed by atoms with Gasteiger partial charge in [-0.3, -0.25) is 4.79 Å². The second-order valence-electron chi connectivity index (χ2n) is 5.81. The van der Waals surface area contributed by atoms with Crippen molar-refractivity contribution in [3.8, 4) is 11.5 Å². The minimum absolute atomic E-state index is 0.0504. The average Bonchev–Trinajstić information content (AvgIpc) is 2.66. The van der Waals surface area contributed by atoms with Crippen molar-refractivity contribution >= 4 is 39.1 Å². The summed E-state index contributed by atoms with van der Waals surface area (Å²) in [7, 11) is -1.10. The van der Waals surface area contributed by atoms with E-state index in [2.05, 4.69) is 10.0 Å². The molecular weight excluding hydrogens is 427 g/mol. The number of halogens is 2. The lowest BCUT2D eigenvalue weighted by molar-refractivity contribution is -0.122. The first-order valence-corrected chi connectivity index (χ1v) is 10.4. The van der Waals surface area contributed by atoms with Crippen molar-refractivity contribution in [1.29, 1.82) is 0 Å². The highest BCUT2D eigenvalue weighted by atomic mass is 35.5. The molecule has 2 rings (SSSR count). The Morgan fingerprint density at radius 2 is 1.75 bits per heavy atom. The molecule has 0 aromatic heterocycles. The van der Waals surface area contributed by atoms with Crippen LogP contribution < -0.4 is 19.5 Å². The first-order chi connectivity index (χ1) is 13.2. The number of hydrogen-bond donors (Lipinski definition) is 2. The summed E-state index contributed by atoms with van der Waals surface area (Å²) >= 11 is 11.9. The van der Waals surface area contributed by atoms with Crippen molar-refractivity contribution in [3.63, 3.8) is 0 Å². The topological polar surface area (TPSA) is 93.7 Å². The minimum Gasteiger partial charge on any atom is -0.493 e. The summed E-state index contributed by atoms with van der Waals surface area (Å²) in [5.41, 5.74) is 0.661. The molecule has 0 saturated heterocycles. The van der Waals surface area contributed by atoms with E-state index in [1.165, 1.54) is 39.3 Å². The van der Waals surface area contributed by atoms with E-state index < -0.39 is 22.0 Å². The molecule has 28 heavy (non-hydrogen) atoms. The van der Waals surface area contributed by atoms with Crippen LogP contribution >= 0.6 is 23.2 Å². The first-order valence-electron chi connectivity index (χ1n) is 8.14. The maximum Gasteiger partial charge on any atom is 0.241 e. The number of nitrogens with one attached hydrogen (secondary N) is 2. The molecule has 0 bridgehead atoms. The summed E-state index contributed by atoms with van der Waals surface area (Å²) in [6.07, 6.45) is 0. The molecule has 0 unspecified atom stereocenters. The molecule has 0 radical (unpaired) electrons. The van der Waals surface area contributed by atoms with Gasteiger partial charge in [-0.1, -0.05) is 29.3 Å². The number of ether oxygens (including phenoxy) is 2. The molecule has 7 nitrogen and oxygen atoms in total. The van der Waals surface area contributed by atoms with Gasteiger partial charge in [0.25, 0.3) is 0 Å². The summed E-state index contributed by atoms with van der Waals surface area (Å²) in [5.74, 6) is 0.155. The maximum atomic E-state index is 12.6. The SMILES string of the molecule is COc1ccc(S(=O)(=O)N[C@H](C)C(=O)NCc2ccc(Cl)cc2Cl)cc1OC. The quantitative estimate of drug-likeness (QED) is 0.649. The molecule has 0 saturated carbocycles. The largest absolute Gasteiger partial charge is 0.493 e. The van der Waals surface area contributed by atoms with Crippen molar-refractivity contribution in [2.75, 3.05) is 14.2 Å². The zero-order chi connectivity index (χ0) is 20.9. The lowest BCUT2D eigenvalue weighted by atomic mass is 10.2. The third-order valence-corrected chi connectivity index (χ3v) is 5.98. The highest BCUT2D eigenvalue weighted by Gasteiger charge is 2.23. The number of sulfonamides is 1. The molecule has 2 aromatic rings. The van der Waals surface area contributed by atoms with Crippen molar-refractivity contribution in [1.82, 2.24) is 10.0 Å². The molecule has 0 spiro atoms. The molecular formula is C18H20Cl2N2O5S. The van der Waals surface area contributed by atoms with Gasteiger partial charge in [0.05, 0.1) is 25.2 Å². The predicted molar refractivity (Wildman–Crippen MR) is 108 cm³/mol. The van der Waals surface area contributed by atoms with E-state index in [-0.39, 0.29) is 17.2 Å². The first kappa shape index (κ1) is 22.3. The van der Waals surface area contributed by atoms with Gasteiger partial charge in [0.15, 0.2) is 11.5 Å². The van der Waals surface area contributed by atoms with Crippen LogP contribution in [0.5, 0.6) is 11.5 Å². The van der Waals surface area contributed by atoms with Crippen LogP contribution in [-0.4, -0.2) is 34.6 Å². The van der Waals surface area contributed by atoms with Gasteiger partial charge in [-0.05, 0) is 36.8 Å². The normalized spacial score (nSPS) is 12.3. The Bertz CT molecular complexity index is 966. The number of carbonyl (C=O) groups is 1. The van der Waals surface area contributed by atoms with E-state index in [9.17, 15) is 13.2 Å². The van der Waals surface area contributed by atoms with Crippen LogP contribution in [0.2, 0.25) is 10.0 Å². The zero-order valence-electron chi connectivity index (χ0n) is 15.5.